The summed E-state index contributed by atoms with van der Waals surface area (Å²) in [4.78, 5) is 13.4. The van der Waals surface area contributed by atoms with Crippen LogP contribution in [0.25, 0.3) is 0 Å². The zero-order valence-corrected chi connectivity index (χ0v) is 60.8. The SMILES string of the molecule is CCCCCCCCCCCCCCCCCCCCCCCCCCCCCCCCCCCC(=O)NC(COC1OC(CO)C(OC2OC(CO)C(O)C(O)C2O)C(O)C1O)C(O)CCCCCCCCCCCCCCCCCCCCCCCCCCCC. The van der Waals surface area contributed by atoms with Crippen LogP contribution in [0.4, 0.5) is 0 Å². The van der Waals surface area contributed by atoms with Gasteiger partial charge in [-0.15, -0.1) is 0 Å². The lowest BCUT2D eigenvalue weighted by molar-refractivity contribution is -0.359. The number of carbonyl (C=O) groups excluding carboxylic acids is 1. The van der Waals surface area contributed by atoms with E-state index >= 15 is 0 Å². The molecule has 12 unspecified atom stereocenters. The normalized spacial score (nSPS) is 22.4. The Balaban J connectivity index is 1.59. The van der Waals surface area contributed by atoms with Gasteiger partial charge in [0.15, 0.2) is 12.6 Å². The van der Waals surface area contributed by atoms with Crippen molar-refractivity contribution in [2.24, 2.45) is 0 Å². The Bertz CT molecular complexity index is 1560. The van der Waals surface area contributed by atoms with E-state index in [1.54, 1.807) is 0 Å². The van der Waals surface area contributed by atoms with E-state index in [1.807, 2.05) is 0 Å². The minimum Gasteiger partial charge on any atom is -0.394 e. The van der Waals surface area contributed by atoms with Gasteiger partial charge in [-0.1, -0.05) is 386 Å². The van der Waals surface area contributed by atoms with Crippen molar-refractivity contribution in [3.8, 4) is 0 Å². The summed E-state index contributed by atoms with van der Waals surface area (Å²) in [6, 6.07) is -0.825. The maximum Gasteiger partial charge on any atom is 0.220 e. The molecule has 1 amide bonds. The van der Waals surface area contributed by atoms with Crippen LogP contribution in [-0.2, 0) is 23.7 Å². The fraction of sp³-hybridized carbons (Fsp3) is 0.987. The number of amides is 1. The van der Waals surface area contributed by atoms with Crippen molar-refractivity contribution >= 4 is 5.91 Å². The quantitative estimate of drug-likeness (QED) is 0.0259. The van der Waals surface area contributed by atoms with E-state index in [-0.39, 0.29) is 12.5 Å². The molecule has 93 heavy (non-hydrogen) atoms. The van der Waals surface area contributed by atoms with Crippen molar-refractivity contribution in [2.75, 3.05) is 19.8 Å². The highest BCUT2D eigenvalue weighted by molar-refractivity contribution is 5.76. The highest BCUT2D eigenvalue weighted by atomic mass is 16.7. The topological polar surface area (TPSA) is 228 Å². The van der Waals surface area contributed by atoms with Gasteiger partial charge in [0.05, 0.1) is 32.0 Å². The molecular formula is C79H155NO13. The number of aliphatic hydroxyl groups excluding tert-OH is 8. The molecule has 2 saturated heterocycles. The molecule has 0 aromatic carbocycles. The summed E-state index contributed by atoms with van der Waals surface area (Å²) < 4.78 is 23.0. The van der Waals surface area contributed by atoms with Gasteiger partial charge < -0.3 is 65.1 Å². The lowest BCUT2D eigenvalue weighted by Gasteiger charge is -2.46. The number of ether oxygens (including phenoxy) is 4. The minimum absolute atomic E-state index is 0.195. The van der Waals surface area contributed by atoms with Gasteiger partial charge in [0.2, 0.25) is 5.91 Å². The molecule has 2 rings (SSSR count). The lowest BCUT2D eigenvalue weighted by atomic mass is 9.97. The molecule has 0 aromatic rings. The van der Waals surface area contributed by atoms with Gasteiger partial charge in [-0.2, -0.15) is 0 Å². The smallest absolute Gasteiger partial charge is 0.220 e. The van der Waals surface area contributed by atoms with Gasteiger partial charge in [0.1, 0.15) is 48.8 Å². The first-order valence-electron chi connectivity index (χ1n) is 40.8. The Kier molecular flexibility index (Phi) is 61.0. The Labute approximate surface area is 572 Å². The molecule has 0 spiro atoms. The highest BCUT2D eigenvalue weighted by Gasteiger charge is 2.51. The molecule has 554 valence electrons. The third-order valence-corrected chi connectivity index (χ3v) is 20.6. The summed E-state index contributed by atoms with van der Waals surface area (Å²) in [5.41, 5.74) is 0. The predicted molar refractivity (Wildman–Crippen MR) is 383 cm³/mol. The summed E-state index contributed by atoms with van der Waals surface area (Å²) in [7, 11) is 0. The van der Waals surface area contributed by atoms with E-state index in [0.29, 0.717) is 12.8 Å². The van der Waals surface area contributed by atoms with Crippen molar-refractivity contribution in [1.82, 2.24) is 5.32 Å². The Morgan fingerprint density at radius 3 is 0.914 bits per heavy atom. The van der Waals surface area contributed by atoms with Gasteiger partial charge in [0.25, 0.3) is 0 Å². The zero-order valence-electron chi connectivity index (χ0n) is 60.8. The fourth-order valence-electron chi connectivity index (χ4n) is 14.1. The van der Waals surface area contributed by atoms with Crippen LogP contribution in [0.5, 0.6) is 0 Å². The van der Waals surface area contributed by atoms with Crippen LogP contribution in [0.2, 0.25) is 0 Å². The number of hydrogen-bond donors (Lipinski definition) is 9. The highest BCUT2D eigenvalue weighted by Crippen LogP contribution is 2.31. The third kappa shape index (κ3) is 47.6. The first-order chi connectivity index (χ1) is 45.6. The molecule has 9 N–H and O–H groups in total. The molecular weight excluding hydrogens is 1170 g/mol. The number of rotatable bonds is 70. The third-order valence-electron chi connectivity index (χ3n) is 20.6. The molecule has 0 saturated carbocycles. The predicted octanol–water partition coefficient (Wildman–Crippen LogP) is 18.3. The minimum atomic E-state index is -1.78. The van der Waals surface area contributed by atoms with Crippen LogP contribution in [0.3, 0.4) is 0 Å². The summed E-state index contributed by atoms with van der Waals surface area (Å²) in [5, 5.41) is 87.9. The van der Waals surface area contributed by atoms with E-state index in [9.17, 15) is 45.6 Å². The molecule has 2 aliphatic heterocycles. The average molecular weight is 1330 g/mol. The van der Waals surface area contributed by atoms with Crippen LogP contribution in [0.15, 0.2) is 0 Å². The number of hydrogen-bond acceptors (Lipinski definition) is 13. The first kappa shape index (κ1) is 88.1. The van der Waals surface area contributed by atoms with E-state index in [4.69, 9.17) is 18.9 Å². The zero-order chi connectivity index (χ0) is 67.3. The van der Waals surface area contributed by atoms with Crippen molar-refractivity contribution in [1.29, 1.82) is 0 Å². The number of unbranched alkanes of at least 4 members (excludes halogenated alkanes) is 57. The van der Waals surface area contributed by atoms with Crippen molar-refractivity contribution < 1.29 is 64.6 Å². The summed E-state index contributed by atoms with van der Waals surface area (Å²) in [6.45, 7) is 2.95. The fourth-order valence-corrected chi connectivity index (χ4v) is 14.1. The number of carbonyl (C=O) groups is 1. The van der Waals surface area contributed by atoms with Crippen LogP contribution in [0.1, 0.15) is 406 Å². The van der Waals surface area contributed by atoms with Gasteiger partial charge in [-0.05, 0) is 12.8 Å². The van der Waals surface area contributed by atoms with Crippen molar-refractivity contribution in [3.05, 3.63) is 0 Å². The van der Waals surface area contributed by atoms with Gasteiger partial charge in [-0.25, -0.2) is 0 Å². The second-order valence-corrected chi connectivity index (χ2v) is 29.3. The molecule has 12 atom stereocenters. The standard InChI is InChI=1S/C79H155NO13/c1-3-5-7-9-11-13-15-17-19-21-23-25-27-29-31-32-33-34-35-36-37-39-41-43-45-47-49-51-53-55-57-59-61-63-71(84)80-67(66-90-78-76(89)74(87)77(70(65-82)92-78)93-79-75(88)73(86)72(85)69(64-81)91-79)68(83)62-60-58-56-54-52-50-48-46-44-42-40-38-30-28-26-24-22-20-18-16-14-12-10-8-6-4-2/h67-70,72-79,81-83,85-89H,3-66H2,1-2H3,(H,80,84). The monoisotopic (exact) mass is 1330 g/mol. The maximum atomic E-state index is 13.4. The van der Waals surface area contributed by atoms with Gasteiger partial charge >= 0.3 is 0 Å². The Morgan fingerprint density at radius 2 is 0.613 bits per heavy atom. The van der Waals surface area contributed by atoms with E-state index < -0.39 is 86.8 Å². The first-order valence-corrected chi connectivity index (χ1v) is 40.8. The molecule has 2 fully saturated rings. The average Bonchev–Trinajstić information content (AvgIpc) is 0.852. The van der Waals surface area contributed by atoms with Crippen LogP contribution in [0, 0.1) is 0 Å². The second-order valence-electron chi connectivity index (χ2n) is 29.3. The molecule has 14 heteroatoms. The number of nitrogens with one attached hydrogen (secondary N) is 1. The summed E-state index contributed by atoms with van der Waals surface area (Å²) in [5.74, 6) is -0.195. The molecule has 2 aliphatic rings. The Hall–Kier alpha value is -1.01. The molecule has 0 aliphatic carbocycles. The van der Waals surface area contributed by atoms with Crippen LogP contribution >= 0.6 is 0 Å². The van der Waals surface area contributed by atoms with Gasteiger partial charge in [0, 0.05) is 6.42 Å². The summed E-state index contributed by atoms with van der Waals surface area (Å²) >= 11 is 0. The molecule has 0 radical (unpaired) electrons. The Morgan fingerprint density at radius 1 is 0.344 bits per heavy atom. The molecule has 14 nitrogen and oxygen atoms in total. The largest absolute Gasteiger partial charge is 0.394 e. The summed E-state index contributed by atoms with van der Waals surface area (Å²) in [6.07, 6.45) is 63.0. The van der Waals surface area contributed by atoms with E-state index in [2.05, 4.69) is 19.2 Å². The van der Waals surface area contributed by atoms with Crippen LogP contribution in [-0.4, -0.2) is 140 Å². The van der Waals surface area contributed by atoms with Gasteiger partial charge in [-0.3, -0.25) is 4.79 Å². The van der Waals surface area contributed by atoms with Crippen molar-refractivity contribution in [2.45, 2.75) is 479 Å². The number of aliphatic hydroxyl groups is 8. The molecule has 2 heterocycles. The van der Waals surface area contributed by atoms with Crippen molar-refractivity contribution in [3.63, 3.8) is 0 Å². The van der Waals surface area contributed by atoms with Crippen LogP contribution < -0.4 is 5.32 Å². The molecule has 0 bridgehead atoms. The maximum absolute atomic E-state index is 13.4. The lowest BCUT2D eigenvalue weighted by Crippen LogP contribution is -2.65. The van der Waals surface area contributed by atoms with E-state index in [0.717, 1.165) is 51.4 Å². The second kappa shape index (κ2) is 64.4. The molecule has 0 aromatic heterocycles. The van der Waals surface area contributed by atoms with E-state index in [1.165, 1.54) is 327 Å².